The fourth-order valence-corrected chi connectivity index (χ4v) is 3.48. The first-order chi connectivity index (χ1) is 10.2. The standard InChI is InChI=1S/C16H21N3O2/c1-2-9-19-14-7-8-17-10-13(14)18-15(19)11-5-3-4-6-12(11)16(20)21/h7-8,10-12H,2-6,9H2,1H3,(H,20,21). The number of fused-ring (bicyclic) bond motifs is 1. The van der Waals surface area contributed by atoms with Crippen molar-refractivity contribution in [2.24, 2.45) is 5.92 Å². The Labute approximate surface area is 124 Å². The fraction of sp³-hybridized carbons (Fsp3) is 0.562. The van der Waals surface area contributed by atoms with E-state index in [0.29, 0.717) is 0 Å². The van der Waals surface area contributed by atoms with Gasteiger partial charge >= 0.3 is 5.97 Å². The van der Waals surface area contributed by atoms with Gasteiger partial charge in [0.1, 0.15) is 11.3 Å². The molecule has 0 amide bonds. The summed E-state index contributed by atoms with van der Waals surface area (Å²) < 4.78 is 2.20. The minimum Gasteiger partial charge on any atom is -0.481 e. The van der Waals surface area contributed by atoms with E-state index in [1.54, 1.807) is 12.4 Å². The van der Waals surface area contributed by atoms with Gasteiger partial charge in [-0.1, -0.05) is 19.8 Å². The van der Waals surface area contributed by atoms with Crippen LogP contribution in [0.5, 0.6) is 0 Å². The lowest BCUT2D eigenvalue weighted by atomic mass is 9.78. The van der Waals surface area contributed by atoms with E-state index in [4.69, 9.17) is 4.98 Å². The SMILES string of the molecule is CCCn1c(C2CCCCC2C(=O)O)nc2cnccc21. The van der Waals surface area contributed by atoms with Crippen LogP contribution in [-0.4, -0.2) is 25.6 Å². The quantitative estimate of drug-likeness (QED) is 0.937. The summed E-state index contributed by atoms with van der Waals surface area (Å²) in [7, 11) is 0. The van der Waals surface area contributed by atoms with Crippen molar-refractivity contribution in [2.45, 2.75) is 51.5 Å². The molecular weight excluding hydrogens is 266 g/mol. The molecule has 0 radical (unpaired) electrons. The van der Waals surface area contributed by atoms with Gasteiger partial charge in [-0.3, -0.25) is 9.78 Å². The number of pyridine rings is 1. The number of imidazole rings is 1. The molecule has 1 aliphatic rings. The van der Waals surface area contributed by atoms with E-state index in [1.165, 1.54) is 0 Å². The summed E-state index contributed by atoms with van der Waals surface area (Å²) in [5.74, 6) is -0.0331. The number of aryl methyl sites for hydroxylation is 1. The highest BCUT2D eigenvalue weighted by Crippen LogP contribution is 2.38. The summed E-state index contributed by atoms with van der Waals surface area (Å²) in [6.07, 6.45) is 8.31. The Bertz CT molecular complexity index is 650. The lowest BCUT2D eigenvalue weighted by molar-refractivity contribution is -0.143. The summed E-state index contributed by atoms with van der Waals surface area (Å²) in [5, 5.41) is 9.52. The number of hydrogen-bond donors (Lipinski definition) is 1. The Balaban J connectivity index is 2.09. The number of hydrogen-bond acceptors (Lipinski definition) is 3. The van der Waals surface area contributed by atoms with Crippen LogP contribution in [-0.2, 0) is 11.3 Å². The van der Waals surface area contributed by atoms with Gasteiger partial charge < -0.3 is 9.67 Å². The number of carboxylic acids is 1. The van der Waals surface area contributed by atoms with Crippen LogP contribution in [0, 0.1) is 5.92 Å². The first-order valence-corrected chi connectivity index (χ1v) is 7.75. The van der Waals surface area contributed by atoms with Gasteiger partial charge in [0.2, 0.25) is 0 Å². The molecule has 2 unspecified atom stereocenters. The van der Waals surface area contributed by atoms with E-state index in [9.17, 15) is 9.90 Å². The predicted octanol–water partition coefficient (Wildman–Crippen LogP) is 3.20. The molecule has 2 aromatic rings. The monoisotopic (exact) mass is 287 g/mol. The molecule has 0 bridgehead atoms. The molecular formula is C16H21N3O2. The maximum atomic E-state index is 11.6. The van der Waals surface area contributed by atoms with Crippen molar-refractivity contribution in [1.82, 2.24) is 14.5 Å². The molecule has 0 aliphatic heterocycles. The number of nitrogens with zero attached hydrogens (tertiary/aromatic N) is 3. The molecule has 0 spiro atoms. The van der Waals surface area contributed by atoms with E-state index >= 15 is 0 Å². The number of rotatable bonds is 4. The molecule has 2 atom stereocenters. The number of carboxylic acid groups (broad SMARTS) is 1. The van der Waals surface area contributed by atoms with E-state index < -0.39 is 5.97 Å². The van der Waals surface area contributed by atoms with E-state index in [-0.39, 0.29) is 11.8 Å². The third kappa shape index (κ3) is 2.52. The number of carbonyl (C=O) groups is 1. The maximum Gasteiger partial charge on any atom is 0.307 e. The Morgan fingerprint density at radius 1 is 1.43 bits per heavy atom. The second kappa shape index (κ2) is 5.84. The zero-order valence-electron chi connectivity index (χ0n) is 12.3. The molecule has 3 rings (SSSR count). The van der Waals surface area contributed by atoms with Crippen molar-refractivity contribution in [3.05, 3.63) is 24.3 Å². The van der Waals surface area contributed by atoms with Gasteiger partial charge in [0.25, 0.3) is 0 Å². The largest absolute Gasteiger partial charge is 0.481 e. The number of aromatic nitrogens is 3. The number of aliphatic carboxylic acids is 1. The van der Waals surface area contributed by atoms with E-state index in [2.05, 4.69) is 16.5 Å². The molecule has 21 heavy (non-hydrogen) atoms. The smallest absolute Gasteiger partial charge is 0.307 e. The summed E-state index contributed by atoms with van der Waals surface area (Å²) >= 11 is 0. The van der Waals surface area contributed by atoms with Gasteiger partial charge in [-0.25, -0.2) is 4.98 Å². The van der Waals surface area contributed by atoms with Crippen molar-refractivity contribution < 1.29 is 9.90 Å². The zero-order chi connectivity index (χ0) is 14.8. The Morgan fingerprint density at radius 3 is 3.00 bits per heavy atom. The molecule has 0 aromatic carbocycles. The van der Waals surface area contributed by atoms with Crippen molar-refractivity contribution in [2.75, 3.05) is 0 Å². The molecule has 5 nitrogen and oxygen atoms in total. The van der Waals surface area contributed by atoms with Gasteiger partial charge in [-0.15, -0.1) is 0 Å². The Morgan fingerprint density at radius 2 is 2.24 bits per heavy atom. The van der Waals surface area contributed by atoms with Gasteiger partial charge in [0, 0.05) is 18.7 Å². The van der Waals surface area contributed by atoms with Crippen LogP contribution in [0.3, 0.4) is 0 Å². The van der Waals surface area contributed by atoms with E-state index in [0.717, 1.165) is 55.5 Å². The highest BCUT2D eigenvalue weighted by atomic mass is 16.4. The minimum absolute atomic E-state index is 0.0233. The second-order valence-electron chi connectivity index (χ2n) is 5.82. The van der Waals surface area contributed by atoms with Crippen LogP contribution in [0.25, 0.3) is 11.0 Å². The summed E-state index contributed by atoms with van der Waals surface area (Å²) in [6.45, 7) is 3.00. The first-order valence-electron chi connectivity index (χ1n) is 7.75. The van der Waals surface area contributed by atoms with Gasteiger partial charge in [-0.2, -0.15) is 0 Å². The molecule has 1 fully saturated rings. The van der Waals surface area contributed by atoms with Crippen molar-refractivity contribution in [3.63, 3.8) is 0 Å². The average Bonchev–Trinajstić information content (AvgIpc) is 2.86. The van der Waals surface area contributed by atoms with Gasteiger partial charge in [-0.05, 0) is 25.3 Å². The third-order valence-corrected chi connectivity index (χ3v) is 4.44. The molecule has 1 N–H and O–H groups in total. The topological polar surface area (TPSA) is 68.0 Å². The second-order valence-corrected chi connectivity index (χ2v) is 5.82. The highest BCUT2D eigenvalue weighted by Gasteiger charge is 2.35. The first kappa shape index (κ1) is 14.0. The van der Waals surface area contributed by atoms with Gasteiger partial charge in [0.05, 0.1) is 17.6 Å². The van der Waals surface area contributed by atoms with Crippen LogP contribution in [0.2, 0.25) is 0 Å². The average molecular weight is 287 g/mol. The predicted molar refractivity (Wildman–Crippen MR) is 80.2 cm³/mol. The molecule has 1 saturated carbocycles. The molecule has 2 aromatic heterocycles. The van der Waals surface area contributed by atoms with Crippen LogP contribution >= 0.6 is 0 Å². The summed E-state index contributed by atoms with van der Waals surface area (Å²) in [5.41, 5.74) is 1.94. The van der Waals surface area contributed by atoms with Crippen LogP contribution < -0.4 is 0 Å². The Kier molecular flexibility index (Phi) is 3.90. The van der Waals surface area contributed by atoms with Gasteiger partial charge in [0.15, 0.2) is 0 Å². The van der Waals surface area contributed by atoms with E-state index in [1.807, 2.05) is 6.07 Å². The molecule has 5 heteroatoms. The third-order valence-electron chi connectivity index (χ3n) is 4.44. The summed E-state index contributed by atoms with van der Waals surface area (Å²) in [6, 6.07) is 1.97. The van der Waals surface area contributed by atoms with Crippen molar-refractivity contribution >= 4 is 17.0 Å². The summed E-state index contributed by atoms with van der Waals surface area (Å²) in [4.78, 5) is 20.4. The Hall–Kier alpha value is -1.91. The lowest BCUT2D eigenvalue weighted by Gasteiger charge is -2.28. The fourth-order valence-electron chi connectivity index (χ4n) is 3.48. The van der Waals surface area contributed by atoms with Crippen molar-refractivity contribution in [1.29, 1.82) is 0 Å². The molecule has 0 saturated heterocycles. The normalized spacial score (nSPS) is 22.5. The lowest BCUT2D eigenvalue weighted by Crippen LogP contribution is -2.27. The highest BCUT2D eigenvalue weighted by molar-refractivity contribution is 5.76. The molecule has 1 aliphatic carbocycles. The minimum atomic E-state index is -0.687. The van der Waals surface area contributed by atoms with Crippen LogP contribution in [0.15, 0.2) is 18.5 Å². The van der Waals surface area contributed by atoms with Crippen LogP contribution in [0.4, 0.5) is 0 Å². The van der Waals surface area contributed by atoms with Crippen LogP contribution in [0.1, 0.15) is 50.8 Å². The molecule has 2 heterocycles. The molecule has 112 valence electrons. The zero-order valence-corrected chi connectivity index (χ0v) is 12.3. The maximum absolute atomic E-state index is 11.6. The van der Waals surface area contributed by atoms with Crippen molar-refractivity contribution in [3.8, 4) is 0 Å².